The van der Waals surface area contributed by atoms with Crippen LogP contribution in [0.4, 0.5) is 36.2 Å². The van der Waals surface area contributed by atoms with Crippen molar-refractivity contribution in [2.24, 2.45) is 10.2 Å². The molecule has 4 aromatic rings. The highest BCUT2D eigenvalue weighted by molar-refractivity contribution is 7.86. The molecule has 0 saturated heterocycles. The first-order chi connectivity index (χ1) is 17.0. The number of azo groups is 1. The zero-order valence-corrected chi connectivity index (χ0v) is 18.9. The Balaban J connectivity index is 1.61. The van der Waals surface area contributed by atoms with E-state index in [1.54, 1.807) is 30.3 Å². The van der Waals surface area contributed by atoms with Crippen molar-refractivity contribution >= 4 is 33.1 Å². The standard InChI is InChI=1S/C23H16F3N5O4S/c24-23(25,26)14-5-7-15(8-6-14)28-22-27-12-11-18(29-22)17-3-1-2-4-19(17)31-30-16-9-10-20(32)21(13-16)36(33,34)35/h1-13,32H,(H,27,28,29)(H,33,34,35)/b31-30+. The average molecular weight is 515 g/mol. The second-order valence-electron chi connectivity index (χ2n) is 7.31. The van der Waals surface area contributed by atoms with E-state index in [0.29, 0.717) is 22.6 Å². The van der Waals surface area contributed by atoms with Gasteiger partial charge >= 0.3 is 6.18 Å². The summed E-state index contributed by atoms with van der Waals surface area (Å²) in [4.78, 5) is 7.78. The fourth-order valence-electron chi connectivity index (χ4n) is 3.10. The molecule has 0 spiro atoms. The van der Waals surface area contributed by atoms with E-state index in [1.807, 2.05) is 0 Å². The van der Waals surface area contributed by atoms with Crippen molar-refractivity contribution in [1.82, 2.24) is 9.97 Å². The second-order valence-corrected chi connectivity index (χ2v) is 8.70. The van der Waals surface area contributed by atoms with E-state index in [1.165, 1.54) is 24.4 Å². The molecular formula is C23H16F3N5O4S. The topological polar surface area (TPSA) is 137 Å². The van der Waals surface area contributed by atoms with Crippen molar-refractivity contribution in [1.29, 1.82) is 0 Å². The third-order valence-corrected chi connectivity index (χ3v) is 5.68. The van der Waals surface area contributed by atoms with Gasteiger partial charge in [-0.3, -0.25) is 4.55 Å². The van der Waals surface area contributed by atoms with E-state index < -0.39 is 32.5 Å². The molecule has 184 valence electrons. The van der Waals surface area contributed by atoms with E-state index in [9.17, 15) is 31.2 Å². The number of nitrogens with zero attached hydrogens (tertiary/aromatic N) is 4. The maximum absolute atomic E-state index is 12.8. The quantitative estimate of drug-likeness (QED) is 0.203. The summed E-state index contributed by atoms with van der Waals surface area (Å²) in [7, 11) is -4.66. The minimum absolute atomic E-state index is 0.0579. The first-order valence-electron chi connectivity index (χ1n) is 10.1. The van der Waals surface area contributed by atoms with Crippen molar-refractivity contribution in [2.45, 2.75) is 11.1 Å². The van der Waals surface area contributed by atoms with Gasteiger partial charge in [0.2, 0.25) is 5.95 Å². The Morgan fingerprint density at radius 1 is 0.917 bits per heavy atom. The van der Waals surface area contributed by atoms with Gasteiger partial charge in [0, 0.05) is 17.4 Å². The maximum Gasteiger partial charge on any atom is 0.416 e. The van der Waals surface area contributed by atoms with Gasteiger partial charge in [-0.2, -0.15) is 26.7 Å². The Labute approximate surface area is 202 Å². The van der Waals surface area contributed by atoms with Crippen molar-refractivity contribution in [3.63, 3.8) is 0 Å². The van der Waals surface area contributed by atoms with Gasteiger partial charge in [0.05, 0.1) is 22.6 Å². The van der Waals surface area contributed by atoms with E-state index in [0.717, 1.165) is 24.3 Å². The second kappa shape index (κ2) is 9.71. The number of benzene rings is 3. The molecule has 0 atom stereocenters. The largest absolute Gasteiger partial charge is 0.506 e. The Kier molecular flexibility index (Phi) is 6.68. The van der Waals surface area contributed by atoms with Crippen LogP contribution >= 0.6 is 0 Å². The van der Waals surface area contributed by atoms with Crippen LogP contribution in [0.2, 0.25) is 0 Å². The summed E-state index contributed by atoms with van der Waals surface area (Å²) in [5.41, 5.74) is 0.960. The van der Waals surface area contributed by atoms with E-state index in [4.69, 9.17) is 0 Å². The van der Waals surface area contributed by atoms with Crippen LogP contribution in [0.5, 0.6) is 5.75 Å². The molecule has 0 unspecified atom stereocenters. The summed E-state index contributed by atoms with van der Waals surface area (Å²) in [5.74, 6) is -0.499. The summed E-state index contributed by atoms with van der Waals surface area (Å²) >= 11 is 0. The lowest BCUT2D eigenvalue weighted by molar-refractivity contribution is -0.137. The molecular weight excluding hydrogens is 499 g/mol. The molecule has 0 saturated carbocycles. The number of aromatic nitrogens is 2. The zero-order valence-electron chi connectivity index (χ0n) is 18.0. The van der Waals surface area contributed by atoms with Gasteiger partial charge < -0.3 is 10.4 Å². The molecule has 36 heavy (non-hydrogen) atoms. The molecule has 13 heteroatoms. The first kappa shape index (κ1) is 24.8. The number of nitrogens with one attached hydrogen (secondary N) is 1. The van der Waals surface area contributed by atoms with Gasteiger partial charge in [-0.1, -0.05) is 18.2 Å². The van der Waals surface area contributed by atoms with Crippen LogP contribution in [0, 0.1) is 0 Å². The number of hydrogen-bond donors (Lipinski definition) is 3. The highest BCUT2D eigenvalue weighted by atomic mass is 32.2. The van der Waals surface area contributed by atoms with E-state index >= 15 is 0 Å². The van der Waals surface area contributed by atoms with Crippen molar-refractivity contribution in [3.8, 4) is 17.0 Å². The summed E-state index contributed by atoms with van der Waals surface area (Å²) in [6.07, 6.45) is -2.98. The summed E-state index contributed by atoms with van der Waals surface area (Å²) in [5, 5.41) is 20.6. The van der Waals surface area contributed by atoms with Crippen molar-refractivity contribution < 1.29 is 31.2 Å². The predicted molar refractivity (Wildman–Crippen MR) is 124 cm³/mol. The van der Waals surface area contributed by atoms with Gasteiger partial charge in [-0.15, -0.1) is 5.11 Å². The van der Waals surface area contributed by atoms with Crippen LogP contribution in [0.3, 0.4) is 0 Å². The number of anilines is 2. The average Bonchev–Trinajstić information content (AvgIpc) is 2.83. The first-order valence-corrected chi connectivity index (χ1v) is 11.5. The van der Waals surface area contributed by atoms with Crippen LogP contribution in [0.25, 0.3) is 11.3 Å². The third kappa shape index (κ3) is 5.82. The lowest BCUT2D eigenvalue weighted by Gasteiger charge is -2.10. The number of alkyl halides is 3. The minimum Gasteiger partial charge on any atom is -0.506 e. The number of phenolic OH excluding ortho intramolecular Hbond substituents is 1. The summed E-state index contributed by atoms with van der Waals surface area (Å²) in [6.45, 7) is 0. The van der Waals surface area contributed by atoms with Crippen molar-refractivity contribution in [3.05, 3.63) is 84.6 Å². The normalized spacial score (nSPS) is 12.1. The molecule has 0 aliphatic heterocycles. The molecule has 0 aliphatic rings. The molecule has 0 fully saturated rings. The Morgan fingerprint density at radius 3 is 2.33 bits per heavy atom. The smallest absolute Gasteiger partial charge is 0.416 e. The maximum atomic E-state index is 12.8. The Hall–Kier alpha value is -4.36. The minimum atomic E-state index is -4.66. The highest BCUT2D eigenvalue weighted by Gasteiger charge is 2.30. The molecule has 0 bridgehead atoms. The number of halogens is 3. The molecule has 4 rings (SSSR count). The molecule has 3 N–H and O–H groups in total. The summed E-state index contributed by atoms with van der Waals surface area (Å²) in [6, 6.07) is 16.1. The lowest BCUT2D eigenvalue weighted by Crippen LogP contribution is -2.04. The SMILES string of the molecule is O=S(=O)(O)c1cc(/N=N/c2ccccc2-c2ccnc(Nc3ccc(C(F)(F)F)cc3)n2)ccc1O. The number of phenols is 1. The van der Waals surface area contributed by atoms with Crippen LogP contribution in [0.15, 0.2) is 94.1 Å². The lowest BCUT2D eigenvalue weighted by atomic mass is 10.1. The number of hydrogen-bond acceptors (Lipinski definition) is 8. The van der Waals surface area contributed by atoms with Gasteiger partial charge in [0.25, 0.3) is 10.1 Å². The Morgan fingerprint density at radius 2 is 1.64 bits per heavy atom. The molecule has 1 aromatic heterocycles. The molecule has 0 aliphatic carbocycles. The molecule has 0 amide bonds. The van der Waals surface area contributed by atoms with Crippen LogP contribution in [-0.4, -0.2) is 28.0 Å². The Bertz CT molecular complexity index is 1540. The van der Waals surface area contributed by atoms with Gasteiger partial charge in [0.1, 0.15) is 10.6 Å². The van der Waals surface area contributed by atoms with Crippen LogP contribution < -0.4 is 5.32 Å². The highest BCUT2D eigenvalue weighted by Crippen LogP contribution is 2.33. The van der Waals surface area contributed by atoms with Gasteiger partial charge in [-0.25, -0.2) is 9.97 Å². The zero-order chi connectivity index (χ0) is 25.9. The van der Waals surface area contributed by atoms with Crippen LogP contribution in [-0.2, 0) is 16.3 Å². The fraction of sp³-hybridized carbons (Fsp3) is 0.0435. The van der Waals surface area contributed by atoms with Gasteiger partial charge in [-0.05, 0) is 54.6 Å². The predicted octanol–water partition coefficient (Wildman–Crippen LogP) is 6.27. The number of aromatic hydroxyl groups is 1. The van der Waals surface area contributed by atoms with Gasteiger partial charge in [0.15, 0.2) is 0 Å². The molecule has 1 heterocycles. The van der Waals surface area contributed by atoms with E-state index in [-0.39, 0.29) is 11.6 Å². The summed E-state index contributed by atoms with van der Waals surface area (Å²) < 4.78 is 70.3. The molecule has 9 nitrogen and oxygen atoms in total. The van der Waals surface area contributed by atoms with Crippen molar-refractivity contribution in [2.75, 3.05) is 5.32 Å². The third-order valence-electron chi connectivity index (χ3n) is 4.80. The fourth-order valence-corrected chi connectivity index (χ4v) is 3.70. The number of rotatable bonds is 6. The van der Waals surface area contributed by atoms with E-state index in [2.05, 4.69) is 25.5 Å². The molecule has 0 radical (unpaired) electrons. The molecule has 3 aromatic carbocycles. The monoisotopic (exact) mass is 515 g/mol. The van der Waals surface area contributed by atoms with Crippen LogP contribution in [0.1, 0.15) is 5.56 Å².